The third-order valence-electron chi connectivity index (χ3n) is 1.78. The molecule has 0 aromatic heterocycles. The fraction of sp³-hybridized carbons (Fsp3) is 0.273. The monoisotopic (exact) mass is 191 g/mol. The van der Waals surface area contributed by atoms with Crippen LogP contribution in [0.4, 0.5) is 5.69 Å². The Morgan fingerprint density at radius 1 is 1.29 bits per heavy atom. The summed E-state index contributed by atoms with van der Waals surface area (Å²) in [6, 6.07) is 5.56. The average Bonchev–Trinajstić information content (AvgIpc) is 2.25. The van der Waals surface area contributed by atoms with Crippen molar-refractivity contribution in [1.82, 2.24) is 0 Å². The van der Waals surface area contributed by atoms with E-state index in [-0.39, 0.29) is 0 Å². The zero-order chi connectivity index (χ0) is 10.4. The molecule has 0 radical (unpaired) electrons. The molecule has 0 saturated heterocycles. The second-order valence-electron chi connectivity index (χ2n) is 2.63. The van der Waals surface area contributed by atoms with Crippen LogP contribution in [0.3, 0.4) is 0 Å². The first-order valence-electron chi connectivity index (χ1n) is 4.21. The Morgan fingerprint density at radius 2 is 2.00 bits per heavy atom. The van der Waals surface area contributed by atoms with Gasteiger partial charge < -0.3 is 14.8 Å². The van der Waals surface area contributed by atoms with Crippen LogP contribution in [0.15, 0.2) is 18.2 Å². The number of rotatable bonds is 4. The molecule has 1 rings (SSSR count). The van der Waals surface area contributed by atoms with Crippen LogP contribution >= 0.6 is 0 Å². The third kappa shape index (κ3) is 2.33. The van der Waals surface area contributed by atoms with E-state index in [0.29, 0.717) is 18.0 Å². The minimum absolute atomic E-state index is 0.496. The highest BCUT2D eigenvalue weighted by Gasteiger charge is 2.03. The van der Waals surface area contributed by atoms with Crippen molar-refractivity contribution in [1.29, 1.82) is 0 Å². The number of methoxy groups -OCH3 is 2. The molecule has 0 unspecified atom stereocenters. The molecule has 14 heavy (non-hydrogen) atoms. The number of ether oxygens (including phenoxy) is 2. The molecular weight excluding hydrogens is 178 g/mol. The van der Waals surface area contributed by atoms with Gasteiger partial charge in [-0.05, 0) is 12.1 Å². The number of nitrogens with one attached hydrogen (secondary N) is 1. The zero-order valence-electron chi connectivity index (χ0n) is 8.33. The highest BCUT2D eigenvalue weighted by molar-refractivity contribution is 5.55. The van der Waals surface area contributed by atoms with Crippen molar-refractivity contribution in [2.75, 3.05) is 26.1 Å². The molecule has 0 aliphatic heterocycles. The Kier molecular flexibility index (Phi) is 3.69. The molecule has 3 nitrogen and oxygen atoms in total. The smallest absolute Gasteiger partial charge is 0.162 e. The van der Waals surface area contributed by atoms with E-state index >= 15 is 0 Å². The van der Waals surface area contributed by atoms with Crippen molar-refractivity contribution < 1.29 is 9.47 Å². The summed E-state index contributed by atoms with van der Waals surface area (Å²) in [6.45, 7) is 0.496. The summed E-state index contributed by atoms with van der Waals surface area (Å²) in [5.41, 5.74) is 0.917. The fourth-order valence-electron chi connectivity index (χ4n) is 1.10. The number of anilines is 1. The summed E-state index contributed by atoms with van der Waals surface area (Å²) in [7, 11) is 3.20. The van der Waals surface area contributed by atoms with E-state index in [0.717, 1.165) is 5.69 Å². The number of benzene rings is 1. The van der Waals surface area contributed by atoms with Gasteiger partial charge in [-0.25, -0.2) is 0 Å². The number of terminal acetylenes is 1. The van der Waals surface area contributed by atoms with Crippen molar-refractivity contribution in [3.05, 3.63) is 18.2 Å². The van der Waals surface area contributed by atoms with Crippen LogP contribution in [-0.2, 0) is 0 Å². The van der Waals surface area contributed by atoms with E-state index in [9.17, 15) is 0 Å². The Balaban J connectivity index is 2.85. The minimum atomic E-state index is 0.496. The van der Waals surface area contributed by atoms with Crippen LogP contribution in [0.2, 0.25) is 0 Å². The van der Waals surface area contributed by atoms with E-state index in [2.05, 4.69) is 11.2 Å². The molecule has 3 heteroatoms. The van der Waals surface area contributed by atoms with Gasteiger partial charge >= 0.3 is 0 Å². The van der Waals surface area contributed by atoms with Gasteiger partial charge in [0.1, 0.15) is 0 Å². The van der Waals surface area contributed by atoms with E-state index in [1.54, 1.807) is 14.2 Å². The van der Waals surface area contributed by atoms with Crippen LogP contribution in [0, 0.1) is 12.3 Å². The lowest BCUT2D eigenvalue weighted by molar-refractivity contribution is 0.355. The molecule has 0 bridgehead atoms. The van der Waals surface area contributed by atoms with Gasteiger partial charge in [0.05, 0.1) is 20.8 Å². The molecule has 0 fully saturated rings. The van der Waals surface area contributed by atoms with Gasteiger partial charge in [0, 0.05) is 11.8 Å². The number of hydrogen-bond acceptors (Lipinski definition) is 3. The first-order valence-corrected chi connectivity index (χ1v) is 4.21. The lowest BCUT2D eigenvalue weighted by Gasteiger charge is -2.09. The number of hydrogen-bond donors (Lipinski definition) is 1. The maximum atomic E-state index is 5.14. The van der Waals surface area contributed by atoms with Crippen LogP contribution < -0.4 is 14.8 Å². The molecule has 0 amide bonds. The molecule has 0 saturated carbocycles. The lowest BCUT2D eigenvalue weighted by Crippen LogP contribution is -1.99. The van der Waals surface area contributed by atoms with Gasteiger partial charge in [0.25, 0.3) is 0 Å². The highest BCUT2D eigenvalue weighted by Crippen LogP contribution is 2.29. The van der Waals surface area contributed by atoms with Crippen molar-refractivity contribution in [2.24, 2.45) is 0 Å². The SMILES string of the molecule is C#CCNc1ccc(OC)c(OC)c1. The normalized spacial score (nSPS) is 8.93. The Bertz CT molecular complexity index is 342. The topological polar surface area (TPSA) is 30.5 Å². The standard InChI is InChI=1S/C11H13NO2/c1-4-7-12-9-5-6-10(13-2)11(8-9)14-3/h1,5-6,8,12H,7H2,2-3H3. The van der Waals surface area contributed by atoms with Gasteiger partial charge in [0.15, 0.2) is 11.5 Å². The van der Waals surface area contributed by atoms with Crippen molar-refractivity contribution in [3.63, 3.8) is 0 Å². The predicted molar refractivity (Wildman–Crippen MR) is 56.9 cm³/mol. The van der Waals surface area contributed by atoms with Gasteiger partial charge in [-0.3, -0.25) is 0 Å². The zero-order valence-corrected chi connectivity index (χ0v) is 8.33. The molecule has 1 N–H and O–H groups in total. The minimum Gasteiger partial charge on any atom is -0.493 e. The van der Waals surface area contributed by atoms with Gasteiger partial charge in [0.2, 0.25) is 0 Å². The largest absolute Gasteiger partial charge is 0.493 e. The molecule has 0 heterocycles. The summed E-state index contributed by atoms with van der Waals surface area (Å²) in [6.07, 6.45) is 5.13. The molecule has 0 spiro atoms. The molecular formula is C11H13NO2. The Morgan fingerprint density at radius 3 is 2.57 bits per heavy atom. The Hall–Kier alpha value is -1.82. The van der Waals surface area contributed by atoms with E-state index in [1.807, 2.05) is 18.2 Å². The first-order chi connectivity index (χ1) is 6.81. The van der Waals surface area contributed by atoms with E-state index < -0.39 is 0 Å². The molecule has 1 aromatic carbocycles. The summed E-state index contributed by atoms with van der Waals surface area (Å²) < 4.78 is 10.2. The van der Waals surface area contributed by atoms with Crippen LogP contribution in [0.25, 0.3) is 0 Å². The van der Waals surface area contributed by atoms with Crippen molar-refractivity contribution in [3.8, 4) is 23.8 Å². The van der Waals surface area contributed by atoms with Gasteiger partial charge in [-0.1, -0.05) is 5.92 Å². The van der Waals surface area contributed by atoms with Crippen LogP contribution in [-0.4, -0.2) is 20.8 Å². The highest BCUT2D eigenvalue weighted by atomic mass is 16.5. The van der Waals surface area contributed by atoms with Gasteiger partial charge in [-0.15, -0.1) is 6.42 Å². The van der Waals surface area contributed by atoms with E-state index in [4.69, 9.17) is 15.9 Å². The van der Waals surface area contributed by atoms with Crippen molar-refractivity contribution in [2.45, 2.75) is 0 Å². The maximum Gasteiger partial charge on any atom is 0.162 e. The predicted octanol–water partition coefficient (Wildman–Crippen LogP) is 1.75. The molecule has 74 valence electrons. The van der Waals surface area contributed by atoms with Crippen molar-refractivity contribution >= 4 is 5.69 Å². The summed E-state index contributed by atoms with van der Waals surface area (Å²) in [5, 5.41) is 3.05. The summed E-state index contributed by atoms with van der Waals surface area (Å²) >= 11 is 0. The average molecular weight is 191 g/mol. The van der Waals surface area contributed by atoms with Gasteiger partial charge in [-0.2, -0.15) is 0 Å². The maximum absolute atomic E-state index is 5.14. The molecule has 1 aromatic rings. The Labute approximate surface area is 84.0 Å². The van der Waals surface area contributed by atoms with Crippen LogP contribution in [0.1, 0.15) is 0 Å². The third-order valence-corrected chi connectivity index (χ3v) is 1.78. The van der Waals surface area contributed by atoms with Crippen LogP contribution in [0.5, 0.6) is 11.5 Å². The summed E-state index contributed by atoms with van der Waals surface area (Å²) in [4.78, 5) is 0. The fourth-order valence-corrected chi connectivity index (χ4v) is 1.10. The second-order valence-corrected chi connectivity index (χ2v) is 2.63. The molecule has 0 aliphatic carbocycles. The molecule has 0 atom stereocenters. The second kappa shape index (κ2) is 5.03. The lowest BCUT2D eigenvalue weighted by atomic mass is 10.2. The summed E-state index contributed by atoms with van der Waals surface area (Å²) in [5.74, 6) is 3.90. The van der Waals surface area contributed by atoms with E-state index in [1.165, 1.54) is 0 Å². The quantitative estimate of drug-likeness (QED) is 0.735. The molecule has 0 aliphatic rings. The first kappa shape index (κ1) is 10.3.